The van der Waals surface area contributed by atoms with Gasteiger partial charge in [0, 0.05) is 44.3 Å². The van der Waals surface area contributed by atoms with Gasteiger partial charge in [0.15, 0.2) is 0 Å². The van der Waals surface area contributed by atoms with Crippen LogP contribution in [0.1, 0.15) is 11.3 Å². The summed E-state index contributed by atoms with van der Waals surface area (Å²) in [6, 6.07) is 15.7. The number of para-hydroxylation sites is 1. The van der Waals surface area contributed by atoms with Gasteiger partial charge in [-0.2, -0.15) is 6.07 Å². The van der Waals surface area contributed by atoms with Crippen molar-refractivity contribution < 1.29 is 37.3 Å². The van der Waals surface area contributed by atoms with Crippen LogP contribution < -0.4 is 4.57 Å². The van der Waals surface area contributed by atoms with Crippen molar-refractivity contribution in [3.05, 3.63) is 66.5 Å². The Hall–Kier alpha value is -1.25. The number of aryl methyl sites for hydroxylation is 2. The molecule has 0 N–H and O–H groups in total. The summed E-state index contributed by atoms with van der Waals surface area (Å²) in [4.78, 5) is 0. The normalized spacial score (nSPS) is 10.3. The van der Waals surface area contributed by atoms with Gasteiger partial charge in [-0.25, -0.2) is 4.57 Å². The number of nitrogens with zero attached hydrogens (tertiary/aromatic N) is 2. The van der Waals surface area contributed by atoms with Crippen LogP contribution in [0.5, 0.6) is 0 Å². The molecule has 0 saturated carbocycles. The second-order valence-electron chi connectivity index (χ2n) is 4.65. The second-order valence-corrected chi connectivity index (χ2v) is 4.65. The van der Waals surface area contributed by atoms with E-state index in [4.69, 9.17) is 6.58 Å². The maximum Gasteiger partial charge on any atom is 0.260 e. The molecule has 3 heteroatoms. The van der Waals surface area contributed by atoms with E-state index in [-0.39, 0.29) is 32.7 Å². The fraction of sp³-hybridized carbons (Fsp3) is 0.118. The molecule has 20 heavy (non-hydrogen) atoms. The molecule has 2 nitrogen and oxygen atoms in total. The summed E-state index contributed by atoms with van der Waals surface area (Å²) in [6.45, 7) is 7.87. The van der Waals surface area contributed by atoms with Gasteiger partial charge < -0.3 is 11.1 Å². The van der Waals surface area contributed by atoms with Crippen molar-refractivity contribution in [1.29, 1.82) is 0 Å². The number of aromatic nitrogens is 2. The third-order valence-electron chi connectivity index (χ3n) is 3.38. The summed E-state index contributed by atoms with van der Waals surface area (Å²) < 4.78 is 4.22. The van der Waals surface area contributed by atoms with Gasteiger partial charge in [-0.3, -0.25) is 6.08 Å². The fourth-order valence-electron chi connectivity index (χ4n) is 2.47. The molecule has 0 aliphatic rings. The molecule has 2 heterocycles. The molecule has 0 spiro atoms. The van der Waals surface area contributed by atoms with Crippen LogP contribution in [0.25, 0.3) is 22.8 Å². The smallest absolute Gasteiger partial charge is 0.260 e. The number of pyridine rings is 1. The molecule has 1 radical (unpaired) electrons. The zero-order valence-corrected chi connectivity index (χ0v) is 14.5. The summed E-state index contributed by atoms with van der Waals surface area (Å²) in [5.41, 5.74) is 3.25. The molecule has 3 rings (SSSR count). The van der Waals surface area contributed by atoms with Gasteiger partial charge >= 0.3 is 0 Å². The van der Waals surface area contributed by atoms with E-state index < -0.39 is 0 Å². The van der Waals surface area contributed by atoms with Crippen molar-refractivity contribution >= 4 is 17.0 Å². The predicted molar refractivity (Wildman–Crippen MR) is 76.8 cm³/mol. The second kappa shape index (κ2) is 6.03. The zero-order chi connectivity index (χ0) is 13.4. The summed E-state index contributed by atoms with van der Waals surface area (Å²) >= 11 is 0. The van der Waals surface area contributed by atoms with E-state index in [1.807, 2.05) is 31.4 Å². The minimum absolute atomic E-state index is 0. The minimum atomic E-state index is 0. The van der Waals surface area contributed by atoms with Gasteiger partial charge in [0.25, 0.3) is 5.82 Å². The molecular formula is C17H15N2Y-. The maximum absolute atomic E-state index is 5.77. The number of benzene rings is 1. The molecule has 0 aliphatic carbocycles. The van der Waals surface area contributed by atoms with Gasteiger partial charge in [0.1, 0.15) is 0 Å². The molecule has 2 aromatic heterocycles. The maximum atomic E-state index is 5.77. The standard InChI is InChI=1S/C17H15N2.Y/c1-4-15-12-14-9-7-8-13(2)17(14)19(15)16-10-5-6-11-18(16)3;/h1,4-11H,2-3H3;/q-1;. The fourth-order valence-corrected chi connectivity index (χ4v) is 2.47. The SMILES string of the molecule is [CH-]=Cc1[c-]c2cccc(C)c2n1-c1cccc[n+]1C.[Y]. The van der Waals surface area contributed by atoms with Crippen LogP contribution >= 0.6 is 0 Å². The van der Waals surface area contributed by atoms with E-state index in [0.29, 0.717) is 0 Å². The molecule has 0 fully saturated rings. The van der Waals surface area contributed by atoms with Crippen molar-refractivity contribution in [2.45, 2.75) is 6.92 Å². The van der Waals surface area contributed by atoms with Gasteiger partial charge in [0.05, 0.1) is 13.2 Å². The monoisotopic (exact) mass is 336 g/mol. The first-order valence-corrected chi connectivity index (χ1v) is 6.25. The van der Waals surface area contributed by atoms with E-state index >= 15 is 0 Å². The van der Waals surface area contributed by atoms with Gasteiger partial charge in [0.2, 0.25) is 0 Å². The molecule has 0 aliphatic heterocycles. The number of hydrogen-bond acceptors (Lipinski definition) is 0. The third kappa shape index (κ3) is 2.39. The predicted octanol–water partition coefficient (Wildman–Crippen LogP) is 3.01. The zero-order valence-electron chi connectivity index (χ0n) is 11.7. The third-order valence-corrected chi connectivity index (χ3v) is 3.38. The summed E-state index contributed by atoms with van der Waals surface area (Å²) in [7, 11) is 2.03. The molecule has 0 bridgehead atoms. The first-order chi connectivity index (χ1) is 9.22. The molecule has 0 saturated heterocycles. The Kier molecular flexibility index (Phi) is 4.57. The first kappa shape index (κ1) is 15.1. The van der Waals surface area contributed by atoms with Gasteiger partial charge in [-0.1, -0.05) is 12.1 Å². The van der Waals surface area contributed by atoms with Crippen LogP contribution in [0.15, 0.2) is 42.6 Å². The number of rotatable bonds is 2. The van der Waals surface area contributed by atoms with Crippen molar-refractivity contribution in [2.24, 2.45) is 7.05 Å². The summed E-state index contributed by atoms with van der Waals surface area (Å²) in [5, 5.41) is 1.08. The molecule has 97 valence electrons. The summed E-state index contributed by atoms with van der Waals surface area (Å²) in [5.74, 6) is 1.07. The minimum Gasteiger partial charge on any atom is -0.340 e. The number of hydrogen-bond donors (Lipinski definition) is 0. The van der Waals surface area contributed by atoms with Crippen LogP contribution in [-0.4, -0.2) is 4.57 Å². The Balaban J connectivity index is 0.00000147. The van der Waals surface area contributed by atoms with Crippen molar-refractivity contribution in [2.75, 3.05) is 0 Å². The Bertz CT molecular complexity index is 772. The Morgan fingerprint density at radius 3 is 2.70 bits per heavy atom. The Labute approximate surface area is 144 Å². The van der Waals surface area contributed by atoms with E-state index in [9.17, 15) is 0 Å². The molecule has 0 atom stereocenters. The van der Waals surface area contributed by atoms with E-state index in [1.165, 1.54) is 5.56 Å². The average Bonchev–Trinajstić information content (AvgIpc) is 2.79. The molecule has 1 aromatic carbocycles. The largest absolute Gasteiger partial charge is 0.340 e. The van der Waals surface area contributed by atoms with Crippen molar-refractivity contribution in [3.63, 3.8) is 0 Å². The van der Waals surface area contributed by atoms with Crippen LogP contribution in [0.2, 0.25) is 0 Å². The number of fused-ring (bicyclic) bond motifs is 1. The van der Waals surface area contributed by atoms with E-state index in [2.05, 4.69) is 40.3 Å². The summed E-state index contributed by atoms with van der Waals surface area (Å²) in [6.07, 6.45) is 3.63. The van der Waals surface area contributed by atoms with Gasteiger partial charge in [-0.15, -0.1) is 23.2 Å². The van der Waals surface area contributed by atoms with Crippen LogP contribution in [0, 0.1) is 19.6 Å². The van der Waals surface area contributed by atoms with Crippen LogP contribution in [-0.2, 0) is 39.8 Å². The van der Waals surface area contributed by atoms with Crippen LogP contribution in [0.3, 0.4) is 0 Å². The Morgan fingerprint density at radius 1 is 1.20 bits per heavy atom. The molecular weight excluding hydrogens is 321 g/mol. The van der Waals surface area contributed by atoms with Crippen molar-refractivity contribution in [3.8, 4) is 5.82 Å². The topological polar surface area (TPSA) is 8.81 Å². The van der Waals surface area contributed by atoms with Crippen LogP contribution in [0.4, 0.5) is 0 Å². The van der Waals surface area contributed by atoms with Gasteiger partial charge in [-0.05, 0) is 18.6 Å². The van der Waals surface area contributed by atoms with E-state index in [1.54, 1.807) is 6.08 Å². The van der Waals surface area contributed by atoms with E-state index in [0.717, 1.165) is 22.4 Å². The molecule has 3 aromatic rings. The molecule has 0 amide bonds. The molecule has 0 unspecified atom stereocenters. The first-order valence-electron chi connectivity index (χ1n) is 6.25. The van der Waals surface area contributed by atoms with Crippen molar-refractivity contribution in [1.82, 2.24) is 4.57 Å². The Morgan fingerprint density at radius 2 is 2.00 bits per heavy atom. The average molecular weight is 336 g/mol. The quantitative estimate of drug-likeness (QED) is 0.503.